The lowest BCUT2D eigenvalue weighted by molar-refractivity contribution is 0.349. The first-order chi connectivity index (χ1) is 10.1. The van der Waals surface area contributed by atoms with Crippen LogP contribution in [0.3, 0.4) is 0 Å². The van der Waals surface area contributed by atoms with Crippen LogP contribution in [0.1, 0.15) is 19.3 Å². The summed E-state index contributed by atoms with van der Waals surface area (Å²) in [5, 5.41) is 0.892. The Balaban J connectivity index is 1.94. The molecule has 112 valence electrons. The molecule has 2 aromatic rings. The SMILES string of the molecule is O=S(=O)(Nc1cccc2cc(Br)cnc12)N1CCCCC1. The fraction of sp³-hybridized carbons (Fsp3) is 0.357. The van der Waals surface area contributed by atoms with E-state index in [1.165, 1.54) is 4.31 Å². The van der Waals surface area contributed by atoms with Crippen molar-refractivity contribution >= 4 is 42.7 Å². The van der Waals surface area contributed by atoms with E-state index >= 15 is 0 Å². The minimum absolute atomic E-state index is 0.519. The third-order valence-electron chi connectivity index (χ3n) is 3.57. The van der Waals surface area contributed by atoms with Crippen molar-refractivity contribution in [2.24, 2.45) is 0 Å². The van der Waals surface area contributed by atoms with Crippen LogP contribution in [-0.4, -0.2) is 30.8 Å². The number of anilines is 1. The summed E-state index contributed by atoms with van der Waals surface area (Å²) in [7, 11) is -3.51. The lowest BCUT2D eigenvalue weighted by atomic mass is 10.2. The van der Waals surface area contributed by atoms with Gasteiger partial charge in [0.15, 0.2) is 0 Å². The molecule has 1 aromatic heterocycles. The molecule has 5 nitrogen and oxygen atoms in total. The van der Waals surface area contributed by atoms with Crippen LogP contribution >= 0.6 is 15.9 Å². The van der Waals surface area contributed by atoms with Crippen LogP contribution in [0, 0.1) is 0 Å². The molecular formula is C14H16BrN3O2S. The third-order valence-corrected chi connectivity index (χ3v) is 5.53. The number of nitrogens with one attached hydrogen (secondary N) is 1. The zero-order chi connectivity index (χ0) is 14.9. The molecule has 0 aliphatic carbocycles. The van der Waals surface area contributed by atoms with Gasteiger partial charge < -0.3 is 0 Å². The van der Waals surface area contributed by atoms with Crippen molar-refractivity contribution in [1.82, 2.24) is 9.29 Å². The number of para-hydroxylation sites is 1. The van der Waals surface area contributed by atoms with E-state index in [9.17, 15) is 8.42 Å². The predicted octanol–water partition coefficient (Wildman–Crippen LogP) is 3.14. The summed E-state index contributed by atoms with van der Waals surface area (Å²) in [6.07, 6.45) is 4.60. The molecule has 0 bridgehead atoms. The standard InChI is InChI=1S/C14H16BrN3O2S/c15-12-9-11-5-4-6-13(14(11)16-10-12)17-21(19,20)18-7-2-1-3-8-18/h4-6,9-10,17H,1-3,7-8H2. The van der Waals surface area contributed by atoms with E-state index in [0.29, 0.717) is 24.3 Å². The number of benzene rings is 1. The van der Waals surface area contributed by atoms with Gasteiger partial charge in [-0.1, -0.05) is 18.6 Å². The Morgan fingerprint density at radius 2 is 1.95 bits per heavy atom. The molecule has 21 heavy (non-hydrogen) atoms. The normalized spacial score (nSPS) is 17.0. The average molecular weight is 370 g/mol. The fourth-order valence-corrected chi connectivity index (χ4v) is 4.18. The highest BCUT2D eigenvalue weighted by atomic mass is 79.9. The van der Waals surface area contributed by atoms with Crippen molar-refractivity contribution in [2.45, 2.75) is 19.3 Å². The number of halogens is 1. The van der Waals surface area contributed by atoms with Crippen molar-refractivity contribution in [1.29, 1.82) is 0 Å². The van der Waals surface area contributed by atoms with E-state index in [1.54, 1.807) is 12.3 Å². The fourth-order valence-electron chi connectivity index (χ4n) is 2.53. The molecule has 1 aromatic carbocycles. The van der Waals surface area contributed by atoms with E-state index in [0.717, 1.165) is 29.1 Å². The minimum atomic E-state index is -3.51. The number of aromatic nitrogens is 1. The highest BCUT2D eigenvalue weighted by Crippen LogP contribution is 2.25. The van der Waals surface area contributed by atoms with Crippen LogP contribution in [0.15, 0.2) is 34.9 Å². The lowest BCUT2D eigenvalue weighted by Gasteiger charge is -2.26. The topological polar surface area (TPSA) is 62.3 Å². The zero-order valence-corrected chi connectivity index (χ0v) is 13.8. The van der Waals surface area contributed by atoms with E-state index in [4.69, 9.17) is 0 Å². The second-order valence-electron chi connectivity index (χ2n) is 5.10. The van der Waals surface area contributed by atoms with Gasteiger partial charge in [-0.3, -0.25) is 9.71 Å². The smallest absolute Gasteiger partial charge is 0.269 e. The van der Waals surface area contributed by atoms with Crippen LogP contribution in [0.5, 0.6) is 0 Å². The molecule has 2 heterocycles. The Morgan fingerprint density at radius 1 is 1.19 bits per heavy atom. The Bertz CT molecular complexity index is 758. The molecule has 1 saturated heterocycles. The lowest BCUT2D eigenvalue weighted by Crippen LogP contribution is -2.39. The van der Waals surface area contributed by atoms with Gasteiger partial charge in [-0.15, -0.1) is 0 Å². The monoisotopic (exact) mass is 369 g/mol. The van der Waals surface area contributed by atoms with Crippen LogP contribution in [0.2, 0.25) is 0 Å². The predicted molar refractivity (Wildman–Crippen MR) is 87.4 cm³/mol. The van der Waals surface area contributed by atoms with E-state index in [-0.39, 0.29) is 0 Å². The second-order valence-corrected chi connectivity index (χ2v) is 7.68. The molecule has 1 aliphatic heterocycles. The average Bonchev–Trinajstić information content (AvgIpc) is 2.48. The first-order valence-electron chi connectivity index (χ1n) is 6.88. The maximum Gasteiger partial charge on any atom is 0.301 e. The van der Waals surface area contributed by atoms with Gasteiger partial charge >= 0.3 is 10.2 Å². The van der Waals surface area contributed by atoms with Gasteiger partial charge in [0, 0.05) is 29.1 Å². The summed E-state index contributed by atoms with van der Waals surface area (Å²) < 4.78 is 29.9. The number of rotatable bonds is 3. The molecule has 3 rings (SSSR count). The first kappa shape index (κ1) is 14.7. The Hall–Kier alpha value is -1.18. The first-order valence-corrected chi connectivity index (χ1v) is 9.12. The molecule has 1 fully saturated rings. The minimum Gasteiger partial charge on any atom is -0.269 e. The van der Waals surface area contributed by atoms with Crippen molar-refractivity contribution in [3.05, 3.63) is 34.9 Å². The van der Waals surface area contributed by atoms with Gasteiger partial charge in [-0.25, -0.2) is 0 Å². The molecule has 0 radical (unpaired) electrons. The summed E-state index contributed by atoms with van der Waals surface area (Å²) in [4.78, 5) is 4.32. The Kier molecular flexibility index (Phi) is 4.14. The third kappa shape index (κ3) is 3.20. The van der Waals surface area contributed by atoms with Gasteiger partial charge in [-0.2, -0.15) is 12.7 Å². The summed E-state index contributed by atoms with van der Waals surface area (Å²) in [5.41, 5.74) is 1.17. The summed E-state index contributed by atoms with van der Waals surface area (Å²) in [6.45, 7) is 1.16. The molecule has 7 heteroatoms. The zero-order valence-electron chi connectivity index (χ0n) is 11.4. The van der Waals surface area contributed by atoms with E-state index in [2.05, 4.69) is 25.6 Å². The summed E-state index contributed by atoms with van der Waals surface area (Å²) in [6, 6.07) is 7.39. The number of nitrogens with zero attached hydrogens (tertiary/aromatic N) is 2. The maximum absolute atomic E-state index is 12.4. The van der Waals surface area contributed by atoms with Gasteiger partial charge in [0.1, 0.15) is 0 Å². The van der Waals surface area contributed by atoms with Crippen LogP contribution in [0.4, 0.5) is 5.69 Å². The molecule has 1 N–H and O–H groups in total. The largest absolute Gasteiger partial charge is 0.301 e. The molecule has 0 unspecified atom stereocenters. The number of hydrogen-bond donors (Lipinski definition) is 1. The van der Waals surface area contributed by atoms with E-state index < -0.39 is 10.2 Å². The highest BCUT2D eigenvalue weighted by Gasteiger charge is 2.24. The summed E-state index contributed by atoms with van der Waals surface area (Å²) >= 11 is 3.37. The molecule has 1 aliphatic rings. The molecule has 0 amide bonds. The van der Waals surface area contributed by atoms with Crippen LogP contribution in [0.25, 0.3) is 10.9 Å². The number of pyridine rings is 1. The maximum atomic E-state index is 12.4. The van der Waals surface area contributed by atoms with E-state index in [1.807, 2.05) is 18.2 Å². The quantitative estimate of drug-likeness (QED) is 0.903. The van der Waals surface area contributed by atoms with Crippen molar-refractivity contribution in [3.8, 4) is 0 Å². The molecule has 0 spiro atoms. The highest BCUT2D eigenvalue weighted by molar-refractivity contribution is 9.10. The second kappa shape index (κ2) is 5.90. The van der Waals surface area contributed by atoms with Crippen LogP contribution in [-0.2, 0) is 10.2 Å². The van der Waals surface area contributed by atoms with Crippen molar-refractivity contribution in [3.63, 3.8) is 0 Å². The number of fused-ring (bicyclic) bond motifs is 1. The van der Waals surface area contributed by atoms with Gasteiger partial charge in [0.05, 0.1) is 11.2 Å². The summed E-state index contributed by atoms with van der Waals surface area (Å²) in [5.74, 6) is 0. The van der Waals surface area contributed by atoms with Gasteiger partial charge in [-0.05, 0) is 40.9 Å². The Morgan fingerprint density at radius 3 is 2.71 bits per heavy atom. The van der Waals surface area contributed by atoms with Gasteiger partial charge in [0.2, 0.25) is 0 Å². The van der Waals surface area contributed by atoms with Crippen molar-refractivity contribution in [2.75, 3.05) is 17.8 Å². The number of hydrogen-bond acceptors (Lipinski definition) is 3. The van der Waals surface area contributed by atoms with Gasteiger partial charge in [0.25, 0.3) is 0 Å². The number of piperidine rings is 1. The Labute approximate surface area is 132 Å². The molecule has 0 saturated carbocycles. The van der Waals surface area contributed by atoms with Crippen molar-refractivity contribution < 1.29 is 8.42 Å². The molecular weight excluding hydrogens is 354 g/mol. The van der Waals surface area contributed by atoms with Crippen LogP contribution < -0.4 is 4.72 Å². The molecule has 0 atom stereocenters.